The molecule has 2 rings (SSSR count). The summed E-state index contributed by atoms with van der Waals surface area (Å²) in [5.74, 6) is 0. The standard InChI is InChI=1S/C16H18Cl2N2/c1-11-4-3-5-12(2)16(11)20-9-8-19-15-10-13(17)6-7-14(15)18/h3-7,10,19-20H,8-9H2,1-2H3. The Balaban J connectivity index is 1.89. The third-order valence-electron chi connectivity index (χ3n) is 3.15. The van der Waals surface area contributed by atoms with Gasteiger partial charge in [-0.05, 0) is 43.2 Å². The van der Waals surface area contributed by atoms with E-state index in [9.17, 15) is 0 Å². The van der Waals surface area contributed by atoms with Crippen molar-refractivity contribution < 1.29 is 0 Å². The van der Waals surface area contributed by atoms with Crippen LogP contribution in [0.2, 0.25) is 10.0 Å². The molecule has 2 aromatic rings. The highest BCUT2D eigenvalue weighted by atomic mass is 35.5. The summed E-state index contributed by atoms with van der Waals surface area (Å²) in [6.07, 6.45) is 0. The van der Waals surface area contributed by atoms with Gasteiger partial charge in [0, 0.05) is 23.8 Å². The zero-order valence-electron chi connectivity index (χ0n) is 11.6. The number of rotatable bonds is 5. The quantitative estimate of drug-likeness (QED) is 0.748. The number of hydrogen-bond acceptors (Lipinski definition) is 2. The molecule has 0 unspecified atom stereocenters. The van der Waals surface area contributed by atoms with E-state index in [1.165, 1.54) is 16.8 Å². The van der Waals surface area contributed by atoms with Crippen LogP contribution >= 0.6 is 23.2 Å². The molecular formula is C16H18Cl2N2. The Kier molecular flexibility index (Phi) is 5.16. The normalized spacial score (nSPS) is 10.4. The Morgan fingerprint density at radius 2 is 1.55 bits per heavy atom. The first-order valence-corrected chi connectivity index (χ1v) is 7.32. The molecule has 20 heavy (non-hydrogen) atoms. The van der Waals surface area contributed by atoms with Crippen LogP contribution in [0.4, 0.5) is 11.4 Å². The number of benzene rings is 2. The fraction of sp³-hybridized carbons (Fsp3) is 0.250. The van der Waals surface area contributed by atoms with Gasteiger partial charge in [0.05, 0.1) is 10.7 Å². The molecule has 0 fully saturated rings. The molecule has 0 radical (unpaired) electrons. The van der Waals surface area contributed by atoms with Crippen molar-refractivity contribution in [2.24, 2.45) is 0 Å². The van der Waals surface area contributed by atoms with Gasteiger partial charge in [-0.25, -0.2) is 0 Å². The van der Waals surface area contributed by atoms with Crippen molar-refractivity contribution in [2.45, 2.75) is 13.8 Å². The van der Waals surface area contributed by atoms with Gasteiger partial charge in [-0.3, -0.25) is 0 Å². The van der Waals surface area contributed by atoms with Crippen LogP contribution in [0.1, 0.15) is 11.1 Å². The summed E-state index contributed by atoms with van der Waals surface area (Å²) >= 11 is 12.1. The average Bonchev–Trinajstić information content (AvgIpc) is 2.41. The second-order valence-electron chi connectivity index (χ2n) is 4.74. The highest BCUT2D eigenvalue weighted by molar-refractivity contribution is 6.35. The molecular weight excluding hydrogens is 291 g/mol. The number of aryl methyl sites for hydroxylation is 2. The summed E-state index contributed by atoms with van der Waals surface area (Å²) in [4.78, 5) is 0. The van der Waals surface area contributed by atoms with Crippen molar-refractivity contribution in [3.8, 4) is 0 Å². The van der Waals surface area contributed by atoms with Gasteiger partial charge in [0.25, 0.3) is 0 Å². The Morgan fingerprint density at radius 3 is 2.25 bits per heavy atom. The lowest BCUT2D eigenvalue weighted by atomic mass is 10.1. The van der Waals surface area contributed by atoms with Gasteiger partial charge in [-0.15, -0.1) is 0 Å². The molecule has 2 N–H and O–H groups in total. The molecule has 2 aromatic carbocycles. The highest BCUT2D eigenvalue weighted by Gasteiger charge is 2.02. The molecule has 0 aliphatic heterocycles. The molecule has 2 nitrogen and oxygen atoms in total. The van der Waals surface area contributed by atoms with Gasteiger partial charge in [0.1, 0.15) is 0 Å². The minimum Gasteiger partial charge on any atom is -0.383 e. The Labute approximate surface area is 130 Å². The molecule has 0 aliphatic carbocycles. The maximum Gasteiger partial charge on any atom is 0.0638 e. The van der Waals surface area contributed by atoms with E-state index >= 15 is 0 Å². The fourth-order valence-electron chi connectivity index (χ4n) is 2.11. The minimum absolute atomic E-state index is 0.680. The number of hydrogen-bond donors (Lipinski definition) is 2. The predicted molar refractivity (Wildman–Crippen MR) is 89.4 cm³/mol. The molecule has 0 bridgehead atoms. The van der Waals surface area contributed by atoms with E-state index in [1.54, 1.807) is 12.1 Å². The number of para-hydroxylation sites is 1. The lowest BCUT2D eigenvalue weighted by molar-refractivity contribution is 1.07. The summed E-state index contributed by atoms with van der Waals surface area (Å²) < 4.78 is 0. The number of anilines is 2. The van der Waals surface area contributed by atoms with Gasteiger partial charge in [-0.2, -0.15) is 0 Å². The van der Waals surface area contributed by atoms with Crippen LogP contribution in [0.5, 0.6) is 0 Å². The first kappa shape index (κ1) is 15.0. The summed E-state index contributed by atoms with van der Waals surface area (Å²) in [6.45, 7) is 5.80. The van der Waals surface area contributed by atoms with Crippen molar-refractivity contribution in [3.05, 3.63) is 57.6 Å². The summed E-state index contributed by atoms with van der Waals surface area (Å²) in [7, 11) is 0. The Hall–Kier alpha value is -1.38. The molecule has 0 spiro atoms. The maximum absolute atomic E-state index is 6.10. The zero-order chi connectivity index (χ0) is 14.5. The van der Waals surface area contributed by atoms with Crippen LogP contribution in [0.3, 0.4) is 0 Å². The third-order valence-corrected chi connectivity index (χ3v) is 3.72. The molecule has 0 heterocycles. The van der Waals surface area contributed by atoms with Crippen molar-refractivity contribution in [3.63, 3.8) is 0 Å². The van der Waals surface area contributed by atoms with Crippen molar-refractivity contribution >= 4 is 34.6 Å². The van der Waals surface area contributed by atoms with Crippen LogP contribution in [0.25, 0.3) is 0 Å². The van der Waals surface area contributed by atoms with Crippen LogP contribution in [0.15, 0.2) is 36.4 Å². The topological polar surface area (TPSA) is 24.1 Å². The van der Waals surface area contributed by atoms with Crippen molar-refractivity contribution in [1.82, 2.24) is 0 Å². The van der Waals surface area contributed by atoms with Crippen LogP contribution < -0.4 is 10.6 Å². The zero-order valence-corrected chi connectivity index (χ0v) is 13.1. The summed E-state index contributed by atoms with van der Waals surface area (Å²) in [5.41, 5.74) is 4.57. The summed E-state index contributed by atoms with van der Waals surface area (Å²) in [6, 6.07) is 11.7. The third kappa shape index (κ3) is 3.81. The lowest BCUT2D eigenvalue weighted by Gasteiger charge is -2.14. The second-order valence-corrected chi connectivity index (χ2v) is 5.59. The second kappa shape index (κ2) is 6.87. The first-order valence-electron chi connectivity index (χ1n) is 6.57. The molecule has 4 heteroatoms. The van der Waals surface area contributed by atoms with Crippen molar-refractivity contribution in [1.29, 1.82) is 0 Å². The molecule has 0 amide bonds. The largest absolute Gasteiger partial charge is 0.383 e. The van der Waals surface area contributed by atoms with Crippen LogP contribution in [0, 0.1) is 13.8 Å². The fourth-order valence-corrected chi connectivity index (χ4v) is 2.47. The molecule has 0 aliphatic rings. The highest BCUT2D eigenvalue weighted by Crippen LogP contribution is 2.25. The smallest absolute Gasteiger partial charge is 0.0638 e. The minimum atomic E-state index is 0.680. The SMILES string of the molecule is Cc1cccc(C)c1NCCNc1cc(Cl)ccc1Cl. The van der Waals surface area contributed by atoms with Gasteiger partial charge in [0.2, 0.25) is 0 Å². The lowest BCUT2D eigenvalue weighted by Crippen LogP contribution is -2.15. The summed E-state index contributed by atoms with van der Waals surface area (Å²) in [5, 5.41) is 8.09. The Bertz CT molecular complexity index is 577. The van der Waals surface area contributed by atoms with Gasteiger partial charge >= 0.3 is 0 Å². The molecule has 0 atom stereocenters. The molecule has 0 saturated heterocycles. The number of nitrogens with one attached hydrogen (secondary N) is 2. The first-order chi connectivity index (χ1) is 9.58. The van der Waals surface area contributed by atoms with E-state index < -0.39 is 0 Å². The molecule has 106 valence electrons. The van der Waals surface area contributed by atoms with E-state index in [1.807, 2.05) is 6.07 Å². The van der Waals surface area contributed by atoms with Gasteiger partial charge in [0.15, 0.2) is 0 Å². The van der Waals surface area contributed by atoms with E-state index in [2.05, 4.69) is 42.7 Å². The maximum atomic E-state index is 6.10. The van der Waals surface area contributed by atoms with Crippen LogP contribution in [-0.2, 0) is 0 Å². The molecule has 0 saturated carbocycles. The van der Waals surface area contributed by atoms with Gasteiger partial charge < -0.3 is 10.6 Å². The van der Waals surface area contributed by atoms with E-state index in [4.69, 9.17) is 23.2 Å². The average molecular weight is 309 g/mol. The van der Waals surface area contributed by atoms with Gasteiger partial charge in [-0.1, -0.05) is 41.4 Å². The van der Waals surface area contributed by atoms with E-state index in [0.717, 1.165) is 18.8 Å². The van der Waals surface area contributed by atoms with Crippen molar-refractivity contribution in [2.75, 3.05) is 23.7 Å². The van der Waals surface area contributed by atoms with Crippen LogP contribution in [-0.4, -0.2) is 13.1 Å². The monoisotopic (exact) mass is 308 g/mol. The van der Waals surface area contributed by atoms with E-state index in [-0.39, 0.29) is 0 Å². The van der Waals surface area contributed by atoms with E-state index in [0.29, 0.717) is 10.0 Å². The predicted octanol–water partition coefficient (Wildman–Crippen LogP) is 5.13. The Morgan fingerprint density at radius 1 is 0.900 bits per heavy atom. The molecule has 0 aromatic heterocycles. The number of halogens is 2.